The van der Waals surface area contributed by atoms with E-state index in [1.807, 2.05) is 30.3 Å². The number of esters is 1. The number of rotatable bonds is 7. The zero-order valence-electron chi connectivity index (χ0n) is 14.4. The first kappa shape index (κ1) is 18.5. The maximum absolute atomic E-state index is 12.5. The molecule has 5 nitrogen and oxygen atoms in total. The molecule has 1 aliphatic carbocycles. The summed E-state index contributed by atoms with van der Waals surface area (Å²) in [5, 5.41) is 2.89. The number of halogens is 1. The van der Waals surface area contributed by atoms with E-state index in [-0.39, 0.29) is 11.9 Å². The molecule has 2 aromatic rings. The summed E-state index contributed by atoms with van der Waals surface area (Å²) in [6.07, 6.45) is 0.102. The topological polar surface area (TPSA) is 64.6 Å². The summed E-state index contributed by atoms with van der Waals surface area (Å²) in [6.45, 7) is 1.60. The van der Waals surface area contributed by atoms with Crippen LogP contribution in [0.25, 0.3) is 0 Å². The van der Waals surface area contributed by atoms with Crippen molar-refractivity contribution in [2.45, 2.75) is 38.0 Å². The van der Waals surface area contributed by atoms with Gasteiger partial charge in [-0.15, -0.1) is 0 Å². The highest BCUT2D eigenvalue weighted by molar-refractivity contribution is 9.10. The molecule has 0 bridgehead atoms. The number of nitrogens with one attached hydrogen (secondary N) is 1. The molecule has 0 saturated heterocycles. The molecule has 3 rings (SSSR count). The normalized spacial score (nSPS) is 15.6. The van der Waals surface area contributed by atoms with Crippen molar-refractivity contribution in [1.29, 1.82) is 0 Å². The molecule has 1 saturated carbocycles. The average molecular weight is 418 g/mol. The third kappa shape index (κ3) is 5.08. The summed E-state index contributed by atoms with van der Waals surface area (Å²) >= 11 is 3.35. The van der Waals surface area contributed by atoms with Crippen molar-refractivity contribution in [2.75, 3.05) is 0 Å². The Hall–Kier alpha value is -2.34. The fourth-order valence-electron chi connectivity index (χ4n) is 2.38. The molecule has 0 aromatic heterocycles. The quantitative estimate of drug-likeness (QED) is 0.696. The van der Waals surface area contributed by atoms with E-state index in [0.717, 1.165) is 17.3 Å². The summed E-state index contributed by atoms with van der Waals surface area (Å²) in [5.74, 6) is -0.341. The van der Waals surface area contributed by atoms with Crippen LogP contribution in [0, 0.1) is 0 Å². The molecule has 1 fully saturated rings. The first-order valence-corrected chi connectivity index (χ1v) is 9.30. The van der Waals surface area contributed by atoms with Crippen molar-refractivity contribution in [1.82, 2.24) is 5.32 Å². The van der Waals surface area contributed by atoms with Gasteiger partial charge in [0, 0.05) is 16.1 Å². The average Bonchev–Trinajstić information content (AvgIpc) is 3.46. The smallest absolute Gasteiger partial charge is 0.348 e. The number of benzene rings is 2. The molecule has 1 N–H and O–H groups in total. The van der Waals surface area contributed by atoms with E-state index >= 15 is 0 Å². The lowest BCUT2D eigenvalue weighted by atomic mass is 10.1. The molecule has 0 unspecified atom stereocenters. The molecule has 0 heterocycles. The van der Waals surface area contributed by atoms with Crippen molar-refractivity contribution in [2.24, 2.45) is 0 Å². The van der Waals surface area contributed by atoms with Crippen LogP contribution in [0.1, 0.15) is 31.4 Å². The third-order valence-corrected chi connectivity index (χ3v) is 4.49. The van der Waals surface area contributed by atoms with E-state index in [9.17, 15) is 9.59 Å². The van der Waals surface area contributed by atoms with Crippen LogP contribution in [0.2, 0.25) is 0 Å². The van der Waals surface area contributed by atoms with Gasteiger partial charge in [0.05, 0.1) is 0 Å². The molecule has 0 spiro atoms. The fraction of sp³-hybridized carbons (Fsp3) is 0.300. The van der Waals surface area contributed by atoms with E-state index in [4.69, 9.17) is 9.47 Å². The Balaban J connectivity index is 1.67. The minimum absolute atomic E-state index is 0.184. The number of carbonyl (C=O) groups excluding carboxylic acids is 2. The monoisotopic (exact) mass is 417 g/mol. The van der Waals surface area contributed by atoms with Crippen LogP contribution in [0.3, 0.4) is 0 Å². The highest BCUT2D eigenvalue weighted by atomic mass is 79.9. The van der Waals surface area contributed by atoms with E-state index in [2.05, 4.69) is 21.2 Å². The number of hydrogen-bond acceptors (Lipinski definition) is 4. The molecular formula is C20H20BrNO4. The van der Waals surface area contributed by atoms with Gasteiger partial charge in [-0.3, -0.25) is 4.79 Å². The minimum Gasteiger partial charge on any atom is -0.479 e. The Kier molecular flexibility index (Phi) is 5.93. The van der Waals surface area contributed by atoms with Crippen molar-refractivity contribution < 1.29 is 19.1 Å². The van der Waals surface area contributed by atoms with Crippen LogP contribution in [0.4, 0.5) is 0 Å². The molecule has 1 amide bonds. The molecule has 136 valence electrons. The van der Waals surface area contributed by atoms with Gasteiger partial charge in [0.1, 0.15) is 5.75 Å². The van der Waals surface area contributed by atoms with Crippen molar-refractivity contribution in [3.63, 3.8) is 0 Å². The predicted octanol–water partition coefficient (Wildman–Crippen LogP) is 3.78. The van der Waals surface area contributed by atoms with Crippen LogP contribution in [-0.2, 0) is 14.3 Å². The summed E-state index contributed by atoms with van der Waals surface area (Å²) in [7, 11) is 0. The molecule has 26 heavy (non-hydrogen) atoms. The van der Waals surface area contributed by atoms with Gasteiger partial charge in [0.15, 0.2) is 6.10 Å². The van der Waals surface area contributed by atoms with Crippen molar-refractivity contribution in [3.8, 4) is 5.75 Å². The lowest BCUT2D eigenvalue weighted by molar-refractivity contribution is -0.162. The van der Waals surface area contributed by atoms with Gasteiger partial charge in [0.25, 0.3) is 5.91 Å². The Morgan fingerprint density at radius 2 is 1.73 bits per heavy atom. The Bertz CT molecular complexity index is 759. The van der Waals surface area contributed by atoms with E-state index < -0.39 is 18.2 Å². The first-order valence-electron chi connectivity index (χ1n) is 8.51. The van der Waals surface area contributed by atoms with Gasteiger partial charge in [-0.2, -0.15) is 0 Å². The van der Waals surface area contributed by atoms with Gasteiger partial charge >= 0.3 is 5.97 Å². The third-order valence-electron chi connectivity index (χ3n) is 3.96. The highest BCUT2D eigenvalue weighted by Crippen LogP contribution is 2.24. The van der Waals surface area contributed by atoms with Gasteiger partial charge < -0.3 is 14.8 Å². The predicted molar refractivity (Wildman–Crippen MR) is 101 cm³/mol. The second-order valence-corrected chi connectivity index (χ2v) is 7.14. The van der Waals surface area contributed by atoms with Gasteiger partial charge in [-0.25, -0.2) is 4.79 Å². The number of amides is 1. The standard InChI is InChI=1S/C20H20BrNO4/c1-13(25-17-11-7-15(21)8-12-17)20(24)26-18(14-5-3-2-4-6-14)19(23)22-16-9-10-16/h2-8,11-13,16,18H,9-10H2,1H3,(H,22,23)/t13-,18+/m0/s1. The molecule has 1 aliphatic rings. The van der Waals surface area contributed by atoms with Gasteiger partial charge in [-0.1, -0.05) is 46.3 Å². The van der Waals surface area contributed by atoms with Crippen molar-refractivity contribution in [3.05, 3.63) is 64.6 Å². The Morgan fingerprint density at radius 1 is 1.08 bits per heavy atom. The van der Waals surface area contributed by atoms with Crippen LogP contribution < -0.4 is 10.1 Å². The molecular weight excluding hydrogens is 398 g/mol. The summed E-state index contributed by atoms with van der Waals surface area (Å²) in [5.41, 5.74) is 0.634. The minimum atomic E-state index is -0.986. The van der Waals surface area contributed by atoms with Crippen LogP contribution >= 0.6 is 15.9 Å². The van der Waals surface area contributed by atoms with Crippen LogP contribution in [0.15, 0.2) is 59.1 Å². The molecule has 0 radical (unpaired) electrons. The first-order chi connectivity index (χ1) is 12.5. The largest absolute Gasteiger partial charge is 0.479 e. The molecule has 2 aromatic carbocycles. The fourth-order valence-corrected chi connectivity index (χ4v) is 2.65. The van der Waals surface area contributed by atoms with Crippen molar-refractivity contribution >= 4 is 27.8 Å². The molecule has 2 atom stereocenters. The maximum atomic E-state index is 12.5. The summed E-state index contributed by atoms with van der Waals surface area (Å²) in [4.78, 5) is 25.0. The van der Waals surface area contributed by atoms with Gasteiger partial charge in [0.2, 0.25) is 6.10 Å². The van der Waals surface area contributed by atoms with E-state index in [1.54, 1.807) is 31.2 Å². The summed E-state index contributed by atoms with van der Waals surface area (Å²) < 4.78 is 12.0. The molecule has 0 aliphatic heterocycles. The zero-order valence-corrected chi connectivity index (χ0v) is 15.9. The Labute approximate surface area is 160 Å². The highest BCUT2D eigenvalue weighted by Gasteiger charge is 2.32. The lowest BCUT2D eigenvalue weighted by Gasteiger charge is -2.20. The molecule has 6 heteroatoms. The van der Waals surface area contributed by atoms with Crippen LogP contribution in [0.5, 0.6) is 5.75 Å². The van der Waals surface area contributed by atoms with Gasteiger partial charge in [-0.05, 0) is 44.0 Å². The SMILES string of the molecule is C[C@H](Oc1ccc(Br)cc1)C(=O)O[C@@H](C(=O)NC1CC1)c1ccccc1. The number of carbonyl (C=O) groups is 2. The zero-order chi connectivity index (χ0) is 18.5. The lowest BCUT2D eigenvalue weighted by Crippen LogP contribution is -2.36. The maximum Gasteiger partial charge on any atom is 0.348 e. The number of ether oxygens (including phenoxy) is 2. The second-order valence-electron chi connectivity index (χ2n) is 6.22. The second kappa shape index (κ2) is 8.36. The van der Waals surface area contributed by atoms with E-state index in [1.165, 1.54) is 0 Å². The van der Waals surface area contributed by atoms with E-state index in [0.29, 0.717) is 11.3 Å². The Morgan fingerprint density at radius 3 is 2.35 bits per heavy atom. The summed E-state index contributed by atoms with van der Waals surface area (Å²) in [6, 6.07) is 16.3. The number of hydrogen-bond donors (Lipinski definition) is 1. The van der Waals surface area contributed by atoms with Crippen LogP contribution in [-0.4, -0.2) is 24.0 Å².